The summed E-state index contributed by atoms with van der Waals surface area (Å²) in [4.78, 5) is 3.57. The highest BCUT2D eigenvalue weighted by atomic mass is 15.3. The Kier molecular flexibility index (Phi) is 3.72. The summed E-state index contributed by atoms with van der Waals surface area (Å²) < 4.78 is 0. The largest absolute Gasteiger partial charge is 0.346 e. The van der Waals surface area contributed by atoms with Gasteiger partial charge < -0.3 is 4.90 Å². The third-order valence-corrected chi connectivity index (χ3v) is 1.19. The summed E-state index contributed by atoms with van der Waals surface area (Å²) in [6.45, 7) is 4.30. The van der Waals surface area contributed by atoms with Crippen LogP contribution in [0.25, 0.3) is 0 Å². The number of nitrogens with zero attached hydrogens (tertiary/aromatic N) is 2. The van der Waals surface area contributed by atoms with Gasteiger partial charge in [0.25, 0.3) is 0 Å². The molecule has 3 nitrogen and oxygen atoms in total. The van der Waals surface area contributed by atoms with Crippen molar-refractivity contribution in [2.75, 3.05) is 27.7 Å². The molecule has 0 unspecified atom stereocenters. The maximum absolute atomic E-state index is 7.46. The van der Waals surface area contributed by atoms with Crippen molar-refractivity contribution in [3.63, 3.8) is 0 Å². The molecular weight excluding hydrogens is 126 g/mol. The predicted molar refractivity (Wildman–Crippen MR) is 44.5 cm³/mol. The maximum atomic E-state index is 7.46. The van der Waals surface area contributed by atoms with Crippen molar-refractivity contribution < 1.29 is 0 Å². The fraction of sp³-hybridized carbons (Fsp3) is 0.571. The van der Waals surface area contributed by atoms with Crippen molar-refractivity contribution >= 4 is 5.96 Å². The van der Waals surface area contributed by atoms with E-state index in [1.54, 1.807) is 11.0 Å². The van der Waals surface area contributed by atoms with Crippen molar-refractivity contribution in [1.82, 2.24) is 9.80 Å². The molecule has 0 spiro atoms. The first kappa shape index (κ1) is 9.17. The zero-order valence-corrected chi connectivity index (χ0v) is 6.89. The Bertz CT molecular complexity index is 129. The van der Waals surface area contributed by atoms with Crippen molar-refractivity contribution in [3.8, 4) is 0 Å². The highest BCUT2D eigenvalue weighted by Gasteiger charge is 2.15. The number of likely N-dealkylation sites (N-methyl/N-ethyl adjacent to an activating group) is 1. The van der Waals surface area contributed by atoms with E-state index in [0.29, 0.717) is 5.96 Å². The summed E-state index contributed by atoms with van der Waals surface area (Å²) in [6, 6.07) is 0. The summed E-state index contributed by atoms with van der Waals surface area (Å²) in [7, 11) is 5.56. The van der Waals surface area contributed by atoms with Crippen molar-refractivity contribution in [1.29, 1.82) is 5.41 Å². The molecular formula is C7H15N3+. The van der Waals surface area contributed by atoms with Crippen molar-refractivity contribution in [3.05, 3.63) is 12.7 Å². The van der Waals surface area contributed by atoms with E-state index in [-0.39, 0.29) is 0 Å². The molecule has 57 valence electrons. The van der Waals surface area contributed by atoms with Gasteiger partial charge in [-0.15, -0.1) is 4.90 Å². The second-order valence-electron chi connectivity index (χ2n) is 2.39. The Morgan fingerprint density at radius 3 is 2.50 bits per heavy atom. The van der Waals surface area contributed by atoms with Crippen LogP contribution in [0.4, 0.5) is 0 Å². The zero-order chi connectivity index (χ0) is 8.15. The average molecular weight is 141 g/mol. The second kappa shape index (κ2) is 4.06. The van der Waals surface area contributed by atoms with Gasteiger partial charge in [-0.25, -0.2) is 5.41 Å². The fourth-order valence-corrected chi connectivity index (χ4v) is 0.622. The van der Waals surface area contributed by atoms with Crippen LogP contribution in [-0.2, 0) is 0 Å². The molecule has 0 aliphatic carbocycles. The highest BCUT2D eigenvalue weighted by Crippen LogP contribution is 1.83. The number of rotatable bonds is 2. The SMILES string of the molecule is C=CC[N+](C)C(=N)N(C)C. The van der Waals surface area contributed by atoms with Crippen LogP contribution in [0.15, 0.2) is 12.7 Å². The lowest BCUT2D eigenvalue weighted by Crippen LogP contribution is -2.41. The van der Waals surface area contributed by atoms with E-state index < -0.39 is 0 Å². The molecule has 10 heavy (non-hydrogen) atoms. The first-order chi connectivity index (χ1) is 4.59. The van der Waals surface area contributed by atoms with Crippen LogP contribution in [-0.4, -0.2) is 38.5 Å². The Morgan fingerprint density at radius 1 is 1.70 bits per heavy atom. The van der Waals surface area contributed by atoms with Gasteiger partial charge in [0.15, 0.2) is 0 Å². The van der Waals surface area contributed by atoms with Gasteiger partial charge in [0, 0.05) is 14.1 Å². The Labute approximate surface area is 62.4 Å². The molecule has 0 amide bonds. The van der Waals surface area contributed by atoms with Gasteiger partial charge in [-0.2, -0.15) is 0 Å². The number of hydrogen-bond donors (Lipinski definition) is 1. The lowest BCUT2D eigenvalue weighted by atomic mass is 10.5. The normalized spacial score (nSPS) is 9.60. The minimum atomic E-state index is 0.500. The minimum absolute atomic E-state index is 0.500. The van der Waals surface area contributed by atoms with E-state index in [2.05, 4.69) is 6.58 Å². The van der Waals surface area contributed by atoms with Gasteiger partial charge in [-0.1, -0.05) is 6.58 Å². The lowest BCUT2D eigenvalue weighted by Gasteiger charge is -2.11. The zero-order valence-electron chi connectivity index (χ0n) is 6.89. The van der Waals surface area contributed by atoms with Crippen LogP contribution in [0.3, 0.4) is 0 Å². The Morgan fingerprint density at radius 2 is 2.20 bits per heavy atom. The summed E-state index contributed by atoms with van der Waals surface area (Å²) in [5.74, 6) is 0.500. The second-order valence-corrected chi connectivity index (χ2v) is 2.39. The predicted octanol–water partition coefficient (Wildman–Crippen LogP) is 0.439. The van der Waals surface area contributed by atoms with Crippen LogP contribution in [0.2, 0.25) is 0 Å². The first-order valence-electron chi connectivity index (χ1n) is 3.17. The van der Waals surface area contributed by atoms with Gasteiger partial charge >= 0.3 is 5.96 Å². The van der Waals surface area contributed by atoms with Crippen LogP contribution in [0, 0.1) is 5.41 Å². The maximum Gasteiger partial charge on any atom is 0.346 e. The van der Waals surface area contributed by atoms with Crippen LogP contribution < -0.4 is 4.90 Å². The van der Waals surface area contributed by atoms with Gasteiger partial charge in [0.2, 0.25) is 0 Å². The third-order valence-electron chi connectivity index (χ3n) is 1.19. The van der Waals surface area contributed by atoms with Gasteiger partial charge in [-0.05, 0) is 6.08 Å². The summed E-state index contributed by atoms with van der Waals surface area (Å²) in [5, 5.41) is 7.46. The number of nitrogens with one attached hydrogen (secondary N) is 1. The molecule has 0 aliphatic heterocycles. The van der Waals surface area contributed by atoms with Gasteiger partial charge in [0.05, 0.1) is 0 Å². The molecule has 3 heteroatoms. The van der Waals surface area contributed by atoms with E-state index in [9.17, 15) is 0 Å². The number of guanidine groups is 1. The molecule has 0 heterocycles. The van der Waals surface area contributed by atoms with Crippen molar-refractivity contribution in [2.45, 2.75) is 0 Å². The van der Waals surface area contributed by atoms with Crippen molar-refractivity contribution in [2.24, 2.45) is 0 Å². The van der Waals surface area contributed by atoms with E-state index in [4.69, 9.17) is 5.41 Å². The standard InChI is InChI=1S/C7H15N3/c1-5-6-10(4)7(8)9(2)3/h5,8H,1,6H2,2-4H3/q+1. The van der Waals surface area contributed by atoms with E-state index >= 15 is 0 Å². The average Bonchev–Trinajstić information content (AvgIpc) is 1.87. The summed E-state index contributed by atoms with van der Waals surface area (Å²) in [5.41, 5.74) is 0. The minimum Gasteiger partial charge on any atom is -0.313 e. The van der Waals surface area contributed by atoms with Crippen LogP contribution in [0.5, 0.6) is 0 Å². The van der Waals surface area contributed by atoms with Gasteiger partial charge in [0.1, 0.15) is 13.6 Å². The monoisotopic (exact) mass is 141 g/mol. The molecule has 0 atom stereocenters. The quantitative estimate of drug-likeness (QED) is 0.257. The molecule has 0 fully saturated rings. The summed E-state index contributed by atoms with van der Waals surface area (Å²) in [6.07, 6.45) is 1.78. The lowest BCUT2D eigenvalue weighted by molar-refractivity contribution is 0.532. The molecule has 0 aromatic carbocycles. The number of hydrogen-bond acceptors (Lipinski definition) is 1. The molecule has 1 radical (unpaired) electrons. The molecule has 0 saturated heterocycles. The topological polar surface area (TPSA) is 33.0 Å². The van der Waals surface area contributed by atoms with Crippen LogP contribution >= 0.6 is 0 Å². The molecule has 0 saturated carbocycles. The smallest absolute Gasteiger partial charge is 0.313 e. The Hall–Kier alpha value is -0.830. The highest BCUT2D eigenvalue weighted by molar-refractivity contribution is 5.78. The molecule has 0 aromatic rings. The van der Waals surface area contributed by atoms with E-state index in [0.717, 1.165) is 6.54 Å². The fourth-order valence-electron chi connectivity index (χ4n) is 0.622. The first-order valence-corrected chi connectivity index (χ1v) is 3.17. The molecule has 1 N–H and O–H groups in total. The molecule has 0 aliphatic rings. The molecule has 0 bridgehead atoms. The van der Waals surface area contributed by atoms with E-state index in [1.807, 2.05) is 26.0 Å². The molecule has 0 aromatic heterocycles. The summed E-state index contributed by atoms with van der Waals surface area (Å²) >= 11 is 0. The van der Waals surface area contributed by atoms with Gasteiger partial charge in [-0.3, -0.25) is 0 Å². The van der Waals surface area contributed by atoms with E-state index in [1.165, 1.54) is 0 Å². The Balaban J connectivity index is 3.81. The van der Waals surface area contributed by atoms with Crippen LogP contribution in [0.1, 0.15) is 0 Å². The molecule has 0 rings (SSSR count). The third kappa shape index (κ3) is 2.64.